The van der Waals surface area contributed by atoms with Crippen molar-refractivity contribution in [2.75, 3.05) is 0 Å². The van der Waals surface area contributed by atoms with Gasteiger partial charge in [0.15, 0.2) is 11.6 Å². The third-order valence-corrected chi connectivity index (χ3v) is 1.24. The van der Waals surface area contributed by atoms with Crippen molar-refractivity contribution in [3.8, 4) is 0 Å². The van der Waals surface area contributed by atoms with Gasteiger partial charge in [0.1, 0.15) is 5.56 Å². The van der Waals surface area contributed by atoms with Crippen LogP contribution in [0.3, 0.4) is 0 Å². The predicted octanol–water partition coefficient (Wildman–Crippen LogP) is 1.59. The van der Waals surface area contributed by atoms with Crippen LogP contribution in [0.15, 0.2) is 11.0 Å². The molecule has 0 aromatic carbocycles. The number of aromatic amines is 1. The summed E-state index contributed by atoms with van der Waals surface area (Å²) in [6.07, 6.45) is -2.92. The lowest BCUT2D eigenvalue weighted by atomic mass is 10.3. The second kappa shape index (κ2) is 2.96. The Morgan fingerprint density at radius 2 is 1.92 bits per heavy atom. The molecule has 0 unspecified atom stereocenters. The first-order valence-corrected chi connectivity index (χ1v) is 2.88. The molecule has 0 fully saturated rings. The fourth-order valence-electron chi connectivity index (χ4n) is 0.693. The fraction of sp³-hybridized carbons (Fsp3) is 0.167. The van der Waals surface area contributed by atoms with Gasteiger partial charge in [-0.05, 0) is 0 Å². The van der Waals surface area contributed by atoms with E-state index in [2.05, 4.69) is 0 Å². The van der Waals surface area contributed by atoms with Crippen molar-refractivity contribution in [2.24, 2.45) is 0 Å². The maximum absolute atomic E-state index is 12.4. The molecule has 0 saturated heterocycles. The summed E-state index contributed by atoms with van der Waals surface area (Å²) in [5, 5.41) is 0. The Morgan fingerprint density at radius 1 is 1.33 bits per heavy atom. The Morgan fingerprint density at radius 3 is 2.33 bits per heavy atom. The summed E-state index contributed by atoms with van der Waals surface area (Å²) < 4.78 is 48.4. The summed E-state index contributed by atoms with van der Waals surface area (Å²) in [5.41, 5.74) is -2.78. The highest BCUT2D eigenvalue weighted by atomic mass is 19.3. The van der Waals surface area contributed by atoms with Crippen LogP contribution in [0.1, 0.15) is 12.0 Å². The van der Waals surface area contributed by atoms with Crippen molar-refractivity contribution < 1.29 is 17.6 Å². The first-order valence-electron chi connectivity index (χ1n) is 2.88. The number of pyridine rings is 1. The summed E-state index contributed by atoms with van der Waals surface area (Å²) in [4.78, 5) is 12.1. The lowest BCUT2D eigenvalue weighted by Gasteiger charge is -1.99. The number of nitrogens with one attached hydrogen (secondary N) is 1. The molecule has 1 rings (SSSR count). The maximum Gasteiger partial charge on any atom is 0.272 e. The first-order chi connectivity index (χ1) is 5.54. The van der Waals surface area contributed by atoms with Crippen molar-refractivity contribution >= 4 is 0 Å². The van der Waals surface area contributed by atoms with E-state index in [0.29, 0.717) is 6.20 Å². The van der Waals surface area contributed by atoms with E-state index in [0.717, 1.165) is 0 Å². The third kappa shape index (κ3) is 1.32. The minimum atomic E-state index is -3.32. The van der Waals surface area contributed by atoms with Crippen LogP contribution in [0.25, 0.3) is 0 Å². The van der Waals surface area contributed by atoms with Gasteiger partial charge in [0, 0.05) is 6.20 Å². The van der Waals surface area contributed by atoms with E-state index in [-0.39, 0.29) is 0 Å². The van der Waals surface area contributed by atoms with E-state index in [1.165, 1.54) is 0 Å². The van der Waals surface area contributed by atoms with Crippen molar-refractivity contribution in [1.29, 1.82) is 0 Å². The highest BCUT2D eigenvalue weighted by Gasteiger charge is 2.20. The quantitative estimate of drug-likeness (QED) is 0.655. The second-order valence-electron chi connectivity index (χ2n) is 1.99. The van der Waals surface area contributed by atoms with E-state index < -0.39 is 29.2 Å². The molecule has 0 amide bonds. The van der Waals surface area contributed by atoms with Crippen LogP contribution in [0.4, 0.5) is 17.6 Å². The smallest absolute Gasteiger partial charge is 0.272 e. The van der Waals surface area contributed by atoms with Crippen molar-refractivity contribution in [1.82, 2.24) is 4.98 Å². The van der Waals surface area contributed by atoms with Crippen LogP contribution < -0.4 is 5.56 Å². The number of hydrogen-bond donors (Lipinski definition) is 1. The van der Waals surface area contributed by atoms with Crippen molar-refractivity contribution in [2.45, 2.75) is 6.43 Å². The van der Waals surface area contributed by atoms with Gasteiger partial charge in [-0.15, -0.1) is 0 Å². The normalized spacial score (nSPS) is 10.8. The molecule has 1 heterocycles. The van der Waals surface area contributed by atoms with E-state index in [1.807, 2.05) is 0 Å². The molecular weight excluding hydrogens is 178 g/mol. The average molecular weight is 181 g/mol. The summed E-state index contributed by atoms with van der Waals surface area (Å²) >= 11 is 0. The zero-order valence-electron chi connectivity index (χ0n) is 5.57. The van der Waals surface area contributed by atoms with Gasteiger partial charge in [-0.25, -0.2) is 17.6 Å². The predicted molar refractivity (Wildman–Crippen MR) is 31.9 cm³/mol. The van der Waals surface area contributed by atoms with Crippen LogP contribution in [0.2, 0.25) is 0 Å². The number of hydrogen-bond acceptors (Lipinski definition) is 1. The molecule has 12 heavy (non-hydrogen) atoms. The SMILES string of the molecule is O=c1[nH]cc(F)c(F)c1C(F)F. The van der Waals surface area contributed by atoms with E-state index in [4.69, 9.17) is 0 Å². The largest absolute Gasteiger partial charge is 0.326 e. The van der Waals surface area contributed by atoms with Crippen LogP contribution in [0, 0.1) is 11.6 Å². The number of aromatic nitrogens is 1. The average Bonchev–Trinajstić information content (AvgIpc) is 1.97. The minimum Gasteiger partial charge on any atom is -0.326 e. The highest BCUT2D eigenvalue weighted by molar-refractivity contribution is 5.14. The summed E-state index contributed by atoms with van der Waals surface area (Å²) in [7, 11) is 0. The monoisotopic (exact) mass is 181 g/mol. The van der Waals surface area contributed by atoms with Gasteiger partial charge in [0.05, 0.1) is 0 Å². The molecule has 0 radical (unpaired) electrons. The van der Waals surface area contributed by atoms with Gasteiger partial charge < -0.3 is 4.98 Å². The lowest BCUT2D eigenvalue weighted by molar-refractivity contribution is 0.143. The molecule has 6 heteroatoms. The van der Waals surface area contributed by atoms with Crippen LogP contribution in [-0.2, 0) is 0 Å². The molecule has 0 atom stereocenters. The van der Waals surface area contributed by atoms with Crippen molar-refractivity contribution in [3.05, 3.63) is 33.7 Å². The molecular formula is C6H3F4NO. The van der Waals surface area contributed by atoms with Gasteiger partial charge in [-0.3, -0.25) is 4.79 Å². The molecule has 0 aliphatic carbocycles. The Bertz CT molecular complexity index is 346. The molecule has 66 valence electrons. The van der Waals surface area contributed by atoms with Gasteiger partial charge >= 0.3 is 0 Å². The second-order valence-corrected chi connectivity index (χ2v) is 1.99. The molecule has 1 aromatic heterocycles. The molecule has 0 aliphatic heterocycles. The van der Waals surface area contributed by atoms with Crippen LogP contribution in [0.5, 0.6) is 0 Å². The number of halogens is 4. The van der Waals surface area contributed by atoms with E-state index >= 15 is 0 Å². The number of rotatable bonds is 1. The number of alkyl halides is 2. The molecule has 0 spiro atoms. The Hall–Kier alpha value is -1.33. The van der Waals surface area contributed by atoms with Gasteiger partial charge in [0.25, 0.3) is 12.0 Å². The molecule has 0 aliphatic rings. The molecule has 1 N–H and O–H groups in total. The van der Waals surface area contributed by atoms with Gasteiger partial charge in [0.2, 0.25) is 0 Å². The Kier molecular flexibility index (Phi) is 2.16. The minimum absolute atomic E-state index is 0.392. The zero-order chi connectivity index (χ0) is 9.30. The molecule has 2 nitrogen and oxygen atoms in total. The summed E-state index contributed by atoms with van der Waals surface area (Å²) in [5.74, 6) is -3.29. The Labute approximate surface area is 63.8 Å². The molecule has 1 aromatic rings. The fourth-order valence-corrected chi connectivity index (χ4v) is 0.693. The molecule has 0 saturated carbocycles. The van der Waals surface area contributed by atoms with E-state index in [1.54, 1.807) is 4.98 Å². The molecule has 0 bridgehead atoms. The number of H-pyrrole nitrogens is 1. The summed E-state index contributed by atoms with van der Waals surface area (Å²) in [6, 6.07) is 0. The summed E-state index contributed by atoms with van der Waals surface area (Å²) in [6.45, 7) is 0. The maximum atomic E-state index is 12.4. The highest BCUT2D eigenvalue weighted by Crippen LogP contribution is 2.18. The standard InChI is InChI=1S/C6H3F4NO/c7-2-1-11-6(12)3(4(2)8)5(9)10/h1,5H,(H,11,12). The van der Waals surface area contributed by atoms with Crippen LogP contribution >= 0.6 is 0 Å². The van der Waals surface area contributed by atoms with Gasteiger partial charge in [-0.2, -0.15) is 0 Å². The zero-order valence-corrected chi connectivity index (χ0v) is 5.57. The third-order valence-electron chi connectivity index (χ3n) is 1.24. The lowest BCUT2D eigenvalue weighted by Crippen LogP contribution is -2.16. The first kappa shape index (κ1) is 8.76. The Balaban J connectivity index is 3.43. The van der Waals surface area contributed by atoms with Gasteiger partial charge in [-0.1, -0.05) is 0 Å². The van der Waals surface area contributed by atoms with E-state index in [9.17, 15) is 22.4 Å². The topological polar surface area (TPSA) is 32.9 Å². The van der Waals surface area contributed by atoms with Crippen LogP contribution in [-0.4, -0.2) is 4.98 Å². The van der Waals surface area contributed by atoms with Crippen molar-refractivity contribution in [3.63, 3.8) is 0 Å².